The summed E-state index contributed by atoms with van der Waals surface area (Å²) in [5.41, 5.74) is 1.31. The van der Waals surface area contributed by atoms with Crippen molar-refractivity contribution < 1.29 is 14.4 Å². The van der Waals surface area contributed by atoms with Gasteiger partial charge in [0.15, 0.2) is 5.78 Å². The molecule has 4 nitrogen and oxygen atoms in total. The van der Waals surface area contributed by atoms with Gasteiger partial charge in [-0.25, -0.2) is 5.90 Å². The molecule has 0 radical (unpaired) electrons. The summed E-state index contributed by atoms with van der Waals surface area (Å²) in [6.07, 6.45) is 0. The van der Waals surface area contributed by atoms with Gasteiger partial charge in [0.25, 0.3) is 0 Å². The van der Waals surface area contributed by atoms with Crippen LogP contribution in [0.3, 0.4) is 0 Å². The van der Waals surface area contributed by atoms with Crippen molar-refractivity contribution >= 4 is 5.78 Å². The number of hydrogen-bond donors (Lipinski definition) is 1. The van der Waals surface area contributed by atoms with Crippen LogP contribution < -0.4 is 10.6 Å². The molecular formula is C15H15NO3. The first-order chi connectivity index (χ1) is 9.31. The molecule has 0 aliphatic carbocycles. The van der Waals surface area contributed by atoms with Crippen LogP contribution in [-0.2, 0) is 4.84 Å². The third-order valence-electron chi connectivity index (χ3n) is 2.62. The molecule has 98 valence electrons. The molecule has 0 atom stereocenters. The zero-order chi connectivity index (χ0) is 13.5. The molecule has 4 heteroatoms. The third kappa shape index (κ3) is 3.64. The highest BCUT2D eigenvalue weighted by atomic mass is 16.6. The van der Waals surface area contributed by atoms with Crippen LogP contribution in [-0.4, -0.2) is 19.0 Å². The quantitative estimate of drug-likeness (QED) is 0.489. The van der Waals surface area contributed by atoms with E-state index in [1.54, 1.807) is 36.4 Å². The maximum Gasteiger partial charge on any atom is 0.193 e. The van der Waals surface area contributed by atoms with E-state index in [9.17, 15) is 4.79 Å². The largest absolute Gasteiger partial charge is 0.491 e. The molecule has 0 spiro atoms. The van der Waals surface area contributed by atoms with Crippen molar-refractivity contribution in [1.82, 2.24) is 0 Å². The van der Waals surface area contributed by atoms with Crippen molar-refractivity contribution in [2.24, 2.45) is 5.90 Å². The summed E-state index contributed by atoms with van der Waals surface area (Å²) in [7, 11) is 0. The standard InChI is InChI=1S/C15H15NO3/c16-19-11-10-18-14-8-6-13(7-9-14)15(17)12-4-2-1-3-5-12/h1-9H,10-11,16H2. The smallest absolute Gasteiger partial charge is 0.193 e. The number of hydrogen-bond acceptors (Lipinski definition) is 4. The zero-order valence-corrected chi connectivity index (χ0v) is 10.4. The van der Waals surface area contributed by atoms with Gasteiger partial charge in [0.2, 0.25) is 0 Å². The zero-order valence-electron chi connectivity index (χ0n) is 10.4. The summed E-state index contributed by atoms with van der Waals surface area (Å²) >= 11 is 0. The summed E-state index contributed by atoms with van der Waals surface area (Å²) in [4.78, 5) is 16.5. The number of nitrogens with two attached hydrogens (primary N) is 1. The first-order valence-electron chi connectivity index (χ1n) is 5.95. The lowest BCUT2D eigenvalue weighted by atomic mass is 10.0. The Kier molecular flexibility index (Phi) is 4.66. The average Bonchev–Trinajstić information content (AvgIpc) is 2.48. The number of ketones is 1. The lowest BCUT2D eigenvalue weighted by molar-refractivity contribution is 0.102. The Morgan fingerprint density at radius 1 is 0.895 bits per heavy atom. The van der Waals surface area contributed by atoms with Crippen molar-refractivity contribution in [3.05, 3.63) is 65.7 Å². The molecule has 2 aromatic carbocycles. The van der Waals surface area contributed by atoms with E-state index in [0.29, 0.717) is 30.1 Å². The Labute approximate surface area is 111 Å². The van der Waals surface area contributed by atoms with Gasteiger partial charge in [-0.2, -0.15) is 0 Å². The normalized spacial score (nSPS) is 10.2. The molecular weight excluding hydrogens is 242 g/mol. The lowest BCUT2D eigenvalue weighted by Gasteiger charge is -2.06. The summed E-state index contributed by atoms with van der Waals surface area (Å²) in [5.74, 6) is 5.58. The highest BCUT2D eigenvalue weighted by Crippen LogP contribution is 2.15. The SMILES string of the molecule is NOCCOc1ccc(C(=O)c2ccccc2)cc1. The van der Waals surface area contributed by atoms with Gasteiger partial charge < -0.3 is 9.57 Å². The molecule has 0 aromatic heterocycles. The predicted molar refractivity (Wildman–Crippen MR) is 72.0 cm³/mol. The molecule has 0 bridgehead atoms. The molecule has 2 N–H and O–H groups in total. The van der Waals surface area contributed by atoms with Crippen LogP contribution in [0.25, 0.3) is 0 Å². The van der Waals surface area contributed by atoms with Gasteiger partial charge in [0, 0.05) is 11.1 Å². The van der Waals surface area contributed by atoms with Crippen molar-refractivity contribution in [3.8, 4) is 5.75 Å². The molecule has 0 saturated heterocycles. The van der Waals surface area contributed by atoms with Crippen LogP contribution in [0.4, 0.5) is 0 Å². The van der Waals surface area contributed by atoms with Gasteiger partial charge in [-0.3, -0.25) is 4.79 Å². The van der Waals surface area contributed by atoms with E-state index in [4.69, 9.17) is 10.6 Å². The minimum absolute atomic E-state index is 0.00237. The monoisotopic (exact) mass is 257 g/mol. The van der Waals surface area contributed by atoms with Crippen LogP contribution in [0.5, 0.6) is 5.75 Å². The van der Waals surface area contributed by atoms with Gasteiger partial charge in [-0.15, -0.1) is 0 Å². The Morgan fingerprint density at radius 3 is 2.16 bits per heavy atom. The van der Waals surface area contributed by atoms with E-state index in [1.165, 1.54) is 0 Å². The number of benzene rings is 2. The topological polar surface area (TPSA) is 61.6 Å². The van der Waals surface area contributed by atoms with Crippen molar-refractivity contribution in [3.63, 3.8) is 0 Å². The highest BCUT2D eigenvalue weighted by Gasteiger charge is 2.08. The fourth-order valence-corrected chi connectivity index (χ4v) is 1.67. The summed E-state index contributed by atoms with van der Waals surface area (Å²) in [6, 6.07) is 16.2. The second-order valence-corrected chi connectivity index (χ2v) is 3.94. The average molecular weight is 257 g/mol. The molecule has 0 saturated carbocycles. The van der Waals surface area contributed by atoms with Crippen LogP contribution in [0, 0.1) is 0 Å². The number of carbonyl (C=O) groups excluding carboxylic acids is 1. The Hall–Kier alpha value is -2.17. The molecule has 0 heterocycles. The third-order valence-corrected chi connectivity index (χ3v) is 2.62. The fourth-order valence-electron chi connectivity index (χ4n) is 1.67. The van der Waals surface area contributed by atoms with Gasteiger partial charge in [0.1, 0.15) is 19.0 Å². The molecule has 2 rings (SSSR count). The van der Waals surface area contributed by atoms with E-state index in [0.717, 1.165) is 0 Å². The Bertz CT molecular complexity index is 523. The van der Waals surface area contributed by atoms with E-state index < -0.39 is 0 Å². The minimum atomic E-state index is -0.00237. The maximum atomic E-state index is 12.1. The highest BCUT2D eigenvalue weighted by molar-refractivity contribution is 6.08. The Balaban J connectivity index is 2.04. The molecule has 19 heavy (non-hydrogen) atoms. The van der Waals surface area contributed by atoms with Crippen LogP contribution >= 0.6 is 0 Å². The van der Waals surface area contributed by atoms with Crippen molar-refractivity contribution in [2.75, 3.05) is 13.2 Å². The van der Waals surface area contributed by atoms with Crippen molar-refractivity contribution in [2.45, 2.75) is 0 Å². The summed E-state index contributed by atoms with van der Waals surface area (Å²) in [6.45, 7) is 0.702. The van der Waals surface area contributed by atoms with Crippen LogP contribution in [0.1, 0.15) is 15.9 Å². The lowest BCUT2D eigenvalue weighted by Crippen LogP contribution is -2.10. The maximum absolute atomic E-state index is 12.1. The van der Waals surface area contributed by atoms with Crippen molar-refractivity contribution in [1.29, 1.82) is 0 Å². The summed E-state index contributed by atoms with van der Waals surface area (Å²) in [5, 5.41) is 0. The number of ether oxygens (including phenoxy) is 1. The van der Waals surface area contributed by atoms with Gasteiger partial charge in [0.05, 0.1) is 0 Å². The Morgan fingerprint density at radius 2 is 1.53 bits per heavy atom. The fraction of sp³-hybridized carbons (Fsp3) is 0.133. The van der Waals surface area contributed by atoms with E-state index in [2.05, 4.69) is 4.84 Å². The van der Waals surface area contributed by atoms with Gasteiger partial charge in [-0.05, 0) is 24.3 Å². The molecule has 2 aromatic rings. The van der Waals surface area contributed by atoms with Gasteiger partial charge >= 0.3 is 0 Å². The van der Waals surface area contributed by atoms with Gasteiger partial charge in [-0.1, -0.05) is 30.3 Å². The number of rotatable bonds is 6. The molecule has 0 fully saturated rings. The van der Waals surface area contributed by atoms with E-state index in [-0.39, 0.29) is 5.78 Å². The molecule has 0 unspecified atom stereocenters. The second kappa shape index (κ2) is 6.68. The first kappa shape index (κ1) is 13.3. The van der Waals surface area contributed by atoms with E-state index >= 15 is 0 Å². The predicted octanol–water partition coefficient (Wildman–Crippen LogP) is 2.19. The minimum Gasteiger partial charge on any atom is -0.491 e. The van der Waals surface area contributed by atoms with Crippen LogP contribution in [0.2, 0.25) is 0 Å². The molecule has 0 aliphatic rings. The number of carbonyl (C=O) groups is 1. The first-order valence-corrected chi connectivity index (χ1v) is 5.95. The summed E-state index contributed by atoms with van der Waals surface area (Å²) < 4.78 is 5.37. The second-order valence-electron chi connectivity index (χ2n) is 3.94. The molecule has 0 aliphatic heterocycles. The molecule has 0 amide bonds. The van der Waals surface area contributed by atoms with E-state index in [1.807, 2.05) is 18.2 Å². The van der Waals surface area contributed by atoms with Crippen LogP contribution in [0.15, 0.2) is 54.6 Å².